The first kappa shape index (κ1) is 17.8. The van der Waals surface area contributed by atoms with Crippen molar-refractivity contribution in [1.29, 1.82) is 0 Å². The number of carbonyl (C=O) groups is 1. The lowest BCUT2D eigenvalue weighted by atomic mass is 10.1. The Labute approximate surface area is 139 Å². The lowest BCUT2D eigenvalue weighted by Crippen LogP contribution is -2.40. The van der Waals surface area contributed by atoms with Gasteiger partial charge in [0, 0.05) is 26.2 Å². The Morgan fingerprint density at radius 1 is 1.48 bits per heavy atom. The third kappa shape index (κ3) is 6.20. The van der Waals surface area contributed by atoms with E-state index in [-0.39, 0.29) is 12.0 Å². The molecule has 1 amide bonds. The number of amides is 1. The Kier molecular flexibility index (Phi) is 7.36. The molecule has 1 saturated heterocycles. The van der Waals surface area contributed by atoms with Gasteiger partial charge < -0.3 is 14.8 Å². The SMILES string of the molecule is CCCNC(=O)CN(Cc1cccc(OC)c1)CC1CCCO1. The van der Waals surface area contributed by atoms with Crippen LogP contribution < -0.4 is 10.1 Å². The van der Waals surface area contributed by atoms with Crippen LogP contribution in [0.15, 0.2) is 24.3 Å². The Morgan fingerprint density at radius 2 is 2.35 bits per heavy atom. The van der Waals surface area contributed by atoms with E-state index in [1.165, 1.54) is 0 Å². The van der Waals surface area contributed by atoms with E-state index >= 15 is 0 Å². The summed E-state index contributed by atoms with van der Waals surface area (Å²) >= 11 is 0. The molecule has 0 radical (unpaired) electrons. The Morgan fingerprint density at radius 3 is 3.04 bits per heavy atom. The number of rotatable bonds is 9. The monoisotopic (exact) mass is 320 g/mol. The summed E-state index contributed by atoms with van der Waals surface area (Å²) in [4.78, 5) is 14.2. The summed E-state index contributed by atoms with van der Waals surface area (Å²) in [6.45, 7) is 5.52. The second-order valence-electron chi connectivity index (χ2n) is 6.01. The lowest BCUT2D eigenvalue weighted by Gasteiger charge is -2.25. The molecule has 1 unspecified atom stereocenters. The summed E-state index contributed by atoms with van der Waals surface area (Å²) in [5.41, 5.74) is 1.14. The van der Waals surface area contributed by atoms with E-state index in [0.29, 0.717) is 6.54 Å². The van der Waals surface area contributed by atoms with Crippen LogP contribution in [0, 0.1) is 0 Å². The first-order valence-corrected chi connectivity index (χ1v) is 8.45. The zero-order valence-corrected chi connectivity index (χ0v) is 14.2. The predicted molar refractivity (Wildman–Crippen MR) is 90.5 cm³/mol. The molecule has 1 aliphatic heterocycles. The maximum absolute atomic E-state index is 12.1. The number of benzene rings is 1. The number of hydrogen-bond acceptors (Lipinski definition) is 4. The molecule has 23 heavy (non-hydrogen) atoms. The molecule has 1 N–H and O–H groups in total. The number of hydrogen-bond donors (Lipinski definition) is 1. The molecule has 5 heteroatoms. The van der Waals surface area contributed by atoms with Crippen LogP contribution in [0.25, 0.3) is 0 Å². The van der Waals surface area contributed by atoms with Crippen molar-refractivity contribution in [3.63, 3.8) is 0 Å². The first-order valence-electron chi connectivity index (χ1n) is 8.45. The van der Waals surface area contributed by atoms with Crippen molar-refractivity contribution in [3.8, 4) is 5.75 Å². The maximum Gasteiger partial charge on any atom is 0.234 e. The number of nitrogens with zero attached hydrogens (tertiary/aromatic N) is 1. The summed E-state index contributed by atoms with van der Waals surface area (Å²) in [5, 5.41) is 2.95. The average molecular weight is 320 g/mol. The Bertz CT molecular complexity index is 487. The summed E-state index contributed by atoms with van der Waals surface area (Å²) < 4.78 is 11.0. The van der Waals surface area contributed by atoms with Crippen LogP contribution in [0.5, 0.6) is 5.75 Å². The van der Waals surface area contributed by atoms with Crippen LogP contribution in [0.3, 0.4) is 0 Å². The van der Waals surface area contributed by atoms with Crippen LogP contribution in [0.4, 0.5) is 0 Å². The number of carbonyl (C=O) groups excluding carboxylic acids is 1. The molecule has 0 saturated carbocycles. The zero-order valence-electron chi connectivity index (χ0n) is 14.2. The van der Waals surface area contributed by atoms with Gasteiger partial charge >= 0.3 is 0 Å². The van der Waals surface area contributed by atoms with E-state index in [0.717, 1.165) is 56.8 Å². The van der Waals surface area contributed by atoms with Crippen molar-refractivity contribution < 1.29 is 14.3 Å². The van der Waals surface area contributed by atoms with Crippen LogP contribution in [0.1, 0.15) is 31.7 Å². The van der Waals surface area contributed by atoms with Crippen molar-refractivity contribution in [2.24, 2.45) is 0 Å². The van der Waals surface area contributed by atoms with Gasteiger partial charge in [-0.1, -0.05) is 19.1 Å². The zero-order chi connectivity index (χ0) is 16.5. The van der Waals surface area contributed by atoms with Crippen molar-refractivity contribution in [1.82, 2.24) is 10.2 Å². The van der Waals surface area contributed by atoms with Crippen LogP contribution in [-0.4, -0.2) is 50.3 Å². The van der Waals surface area contributed by atoms with E-state index in [1.54, 1.807) is 7.11 Å². The van der Waals surface area contributed by atoms with E-state index in [9.17, 15) is 4.79 Å². The second kappa shape index (κ2) is 9.53. The molecule has 1 aliphatic rings. The van der Waals surface area contributed by atoms with Crippen molar-refractivity contribution in [2.75, 3.05) is 33.4 Å². The van der Waals surface area contributed by atoms with Gasteiger partial charge in [-0.05, 0) is 37.0 Å². The molecule has 0 spiro atoms. The largest absolute Gasteiger partial charge is 0.497 e. The van der Waals surface area contributed by atoms with Gasteiger partial charge in [0.25, 0.3) is 0 Å². The fourth-order valence-electron chi connectivity index (χ4n) is 2.81. The van der Waals surface area contributed by atoms with Crippen molar-refractivity contribution in [2.45, 2.75) is 38.8 Å². The van der Waals surface area contributed by atoms with Crippen molar-refractivity contribution >= 4 is 5.91 Å². The molecular weight excluding hydrogens is 292 g/mol. The third-order valence-corrected chi connectivity index (χ3v) is 3.97. The molecule has 0 aliphatic carbocycles. The average Bonchev–Trinajstić information content (AvgIpc) is 3.06. The van der Waals surface area contributed by atoms with Crippen LogP contribution in [0.2, 0.25) is 0 Å². The van der Waals surface area contributed by atoms with E-state index in [2.05, 4.69) is 23.2 Å². The number of methoxy groups -OCH3 is 1. The minimum absolute atomic E-state index is 0.0766. The van der Waals surface area contributed by atoms with E-state index in [1.807, 2.05) is 18.2 Å². The Hall–Kier alpha value is -1.59. The fourth-order valence-corrected chi connectivity index (χ4v) is 2.81. The van der Waals surface area contributed by atoms with Crippen LogP contribution in [-0.2, 0) is 16.1 Å². The molecule has 1 atom stereocenters. The van der Waals surface area contributed by atoms with Gasteiger partial charge in [0.2, 0.25) is 5.91 Å². The fraction of sp³-hybridized carbons (Fsp3) is 0.611. The van der Waals surface area contributed by atoms with E-state index < -0.39 is 0 Å². The molecule has 1 aromatic carbocycles. The Balaban J connectivity index is 1.97. The summed E-state index contributed by atoms with van der Waals surface area (Å²) in [5.74, 6) is 0.919. The maximum atomic E-state index is 12.1. The van der Waals surface area contributed by atoms with Gasteiger partial charge in [-0.25, -0.2) is 0 Å². The highest BCUT2D eigenvalue weighted by atomic mass is 16.5. The highest BCUT2D eigenvalue weighted by Crippen LogP contribution is 2.17. The smallest absolute Gasteiger partial charge is 0.234 e. The lowest BCUT2D eigenvalue weighted by molar-refractivity contribution is -0.122. The summed E-state index contributed by atoms with van der Waals surface area (Å²) in [6, 6.07) is 8.00. The van der Waals surface area contributed by atoms with Gasteiger partial charge in [-0.2, -0.15) is 0 Å². The van der Waals surface area contributed by atoms with E-state index in [4.69, 9.17) is 9.47 Å². The minimum Gasteiger partial charge on any atom is -0.497 e. The molecule has 1 aromatic rings. The predicted octanol–water partition coefficient (Wildman–Crippen LogP) is 2.20. The molecule has 5 nitrogen and oxygen atoms in total. The van der Waals surface area contributed by atoms with Gasteiger partial charge in [0.15, 0.2) is 0 Å². The quantitative estimate of drug-likeness (QED) is 0.758. The van der Waals surface area contributed by atoms with Gasteiger partial charge in [-0.3, -0.25) is 9.69 Å². The molecule has 1 fully saturated rings. The highest BCUT2D eigenvalue weighted by molar-refractivity contribution is 5.77. The summed E-state index contributed by atoms with van der Waals surface area (Å²) in [6.07, 6.45) is 3.37. The second-order valence-corrected chi connectivity index (χ2v) is 6.01. The highest BCUT2D eigenvalue weighted by Gasteiger charge is 2.21. The number of ether oxygens (including phenoxy) is 2. The van der Waals surface area contributed by atoms with Gasteiger partial charge in [0.05, 0.1) is 19.8 Å². The van der Waals surface area contributed by atoms with Gasteiger partial charge in [0.1, 0.15) is 5.75 Å². The number of nitrogens with one attached hydrogen (secondary N) is 1. The summed E-state index contributed by atoms with van der Waals surface area (Å²) in [7, 11) is 1.67. The molecule has 128 valence electrons. The van der Waals surface area contributed by atoms with Crippen LogP contribution >= 0.6 is 0 Å². The standard InChI is InChI=1S/C18H28N2O3/c1-3-9-19-18(21)14-20(13-17-8-5-10-23-17)12-15-6-4-7-16(11-15)22-2/h4,6-7,11,17H,3,5,8-10,12-14H2,1-2H3,(H,19,21). The molecule has 0 bridgehead atoms. The third-order valence-electron chi connectivity index (χ3n) is 3.97. The normalized spacial score (nSPS) is 17.4. The molecule has 1 heterocycles. The van der Waals surface area contributed by atoms with Crippen molar-refractivity contribution in [3.05, 3.63) is 29.8 Å². The topological polar surface area (TPSA) is 50.8 Å². The molecule has 2 rings (SSSR count). The van der Waals surface area contributed by atoms with Gasteiger partial charge in [-0.15, -0.1) is 0 Å². The first-order chi connectivity index (χ1) is 11.2. The molecular formula is C18H28N2O3. The molecule has 0 aromatic heterocycles. The minimum atomic E-state index is 0.0766.